The molecule has 0 saturated carbocycles. The number of rotatable bonds is 7. The molecule has 0 radical (unpaired) electrons. The summed E-state index contributed by atoms with van der Waals surface area (Å²) in [7, 11) is -7.64. The molecular weight excluding hydrogens is 476 g/mol. The minimum absolute atomic E-state index is 0.00993. The molecular formula is C23H22N4O5S2. The van der Waals surface area contributed by atoms with Crippen molar-refractivity contribution in [3.63, 3.8) is 0 Å². The Kier molecular flexibility index (Phi) is 6.66. The Balaban J connectivity index is 1.49. The highest BCUT2D eigenvalue weighted by atomic mass is 32.2. The van der Waals surface area contributed by atoms with Crippen LogP contribution in [-0.4, -0.2) is 35.1 Å². The average molecular weight is 499 g/mol. The van der Waals surface area contributed by atoms with Crippen molar-refractivity contribution in [1.82, 2.24) is 4.72 Å². The third-order valence-electron chi connectivity index (χ3n) is 4.96. The summed E-state index contributed by atoms with van der Waals surface area (Å²) in [6, 6.07) is 19.7. The van der Waals surface area contributed by atoms with Crippen molar-refractivity contribution < 1.29 is 21.6 Å². The van der Waals surface area contributed by atoms with Crippen LogP contribution in [0.4, 0.5) is 11.4 Å². The second kappa shape index (κ2) is 9.65. The molecule has 34 heavy (non-hydrogen) atoms. The van der Waals surface area contributed by atoms with E-state index in [0.29, 0.717) is 18.8 Å². The smallest absolute Gasteiger partial charge is 0.262 e. The Morgan fingerprint density at radius 3 is 2.15 bits per heavy atom. The van der Waals surface area contributed by atoms with Crippen LogP contribution >= 0.6 is 0 Å². The quantitative estimate of drug-likeness (QED) is 0.460. The van der Waals surface area contributed by atoms with Gasteiger partial charge in [-0.3, -0.25) is 19.2 Å². The number of benzene rings is 3. The number of aliphatic imine (C=N–C) groups is 1. The highest BCUT2D eigenvalue weighted by molar-refractivity contribution is 7.92. The SMILES string of the molecule is O=C(Nc1cccc(S(=O)(=O)NC2=NCCC2)c1)c1cccc(NS(=O)(=O)c2ccccc2)c1. The van der Waals surface area contributed by atoms with Gasteiger partial charge in [0.15, 0.2) is 0 Å². The predicted octanol–water partition coefficient (Wildman–Crippen LogP) is 3.21. The number of sulfonamides is 2. The number of carbonyl (C=O) groups is 1. The molecule has 3 N–H and O–H groups in total. The number of hydrogen-bond donors (Lipinski definition) is 3. The average Bonchev–Trinajstić information content (AvgIpc) is 3.32. The van der Waals surface area contributed by atoms with Crippen LogP contribution in [0.5, 0.6) is 0 Å². The lowest BCUT2D eigenvalue weighted by Gasteiger charge is -2.11. The van der Waals surface area contributed by atoms with Crippen molar-refractivity contribution in [1.29, 1.82) is 0 Å². The van der Waals surface area contributed by atoms with Gasteiger partial charge in [0.25, 0.3) is 26.0 Å². The van der Waals surface area contributed by atoms with Crippen LogP contribution in [0, 0.1) is 0 Å². The van der Waals surface area contributed by atoms with Gasteiger partial charge in [-0.15, -0.1) is 0 Å². The van der Waals surface area contributed by atoms with Gasteiger partial charge >= 0.3 is 0 Å². The maximum Gasteiger partial charge on any atom is 0.262 e. The molecule has 3 aromatic rings. The molecule has 1 heterocycles. The maximum atomic E-state index is 12.8. The van der Waals surface area contributed by atoms with Gasteiger partial charge in [-0.2, -0.15) is 0 Å². The molecule has 0 aliphatic carbocycles. The Bertz CT molecular complexity index is 1450. The topological polar surface area (TPSA) is 134 Å². The number of nitrogens with one attached hydrogen (secondary N) is 3. The monoisotopic (exact) mass is 498 g/mol. The molecule has 3 aromatic carbocycles. The summed E-state index contributed by atoms with van der Waals surface area (Å²) in [6.45, 7) is 0.592. The first-order chi connectivity index (χ1) is 16.2. The fraction of sp³-hybridized carbons (Fsp3) is 0.130. The Hall–Kier alpha value is -3.70. The van der Waals surface area contributed by atoms with E-state index < -0.39 is 26.0 Å². The van der Waals surface area contributed by atoms with E-state index in [0.717, 1.165) is 6.42 Å². The molecule has 0 unspecified atom stereocenters. The molecule has 0 fully saturated rings. The van der Waals surface area contributed by atoms with Crippen molar-refractivity contribution in [2.75, 3.05) is 16.6 Å². The van der Waals surface area contributed by atoms with E-state index >= 15 is 0 Å². The molecule has 1 amide bonds. The number of carbonyl (C=O) groups excluding carboxylic acids is 1. The molecule has 1 aliphatic rings. The molecule has 0 saturated heterocycles. The van der Waals surface area contributed by atoms with Crippen molar-refractivity contribution in [3.8, 4) is 0 Å². The van der Waals surface area contributed by atoms with Gasteiger partial charge in [-0.1, -0.05) is 30.3 Å². The third kappa shape index (κ3) is 5.61. The first-order valence-corrected chi connectivity index (χ1v) is 13.4. The number of hydrogen-bond acceptors (Lipinski definition) is 6. The normalized spacial score (nSPS) is 13.7. The van der Waals surface area contributed by atoms with Crippen LogP contribution in [0.2, 0.25) is 0 Å². The minimum Gasteiger partial charge on any atom is -0.322 e. The van der Waals surface area contributed by atoms with Gasteiger partial charge in [0.1, 0.15) is 5.84 Å². The molecule has 0 bridgehead atoms. The molecule has 1 aliphatic heterocycles. The second-order valence-electron chi connectivity index (χ2n) is 7.52. The zero-order valence-corrected chi connectivity index (χ0v) is 19.6. The van der Waals surface area contributed by atoms with Crippen LogP contribution in [0.3, 0.4) is 0 Å². The van der Waals surface area contributed by atoms with E-state index in [4.69, 9.17) is 0 Å². The summed E-state index contributed by atoms with van der Waals surface area (Å²) in [5.41, 5.74) is 0.686. The van der Waals surface area contributed by atoms with Crippen LogP contribution < -0.4 is 14.8 Å². The van der Waals surface area contributed by atoms with Crippen LogP contribution in [0.15, 0.2) is 93.6 Å². The van der Waals surface area contributed by atoms with Crippen molar-refractivity contribution >= 4 is 43.2 Å². The van der Waals surface area contributed by atoms with Crippen LogP contribution in [0.1, 0.15) is 23.2 Å². The summed E-state index contributed by atoms with van der Waals surface area (Å²) in [4.78, 5) is 17.0. The van der Waals surface area contributed by atoms with Gasteiger partial charge in [0.05, 0.1) is 9.79 Å². The van der Waals surface area contributed by atoms with Crippen LogP contribution in [0.25, 0.3) is 0 Å². The molecule has 9 nitrogen and oxygen atoms in total. The summed E-state index contributed by atoms with van der Waals surface area (Å²) < 4.78 is 55.3. The summed E-state index contributed by atoms with van der Waals surface area (Å²) in [6.07, 6.45) is 1.37. The first kappa shape index (κ1) is 23.5. The minimum atomic E-state index is -3.83. The van der Waals surface area contributed by atoms with Crippen molar-refractivity contribution in [2.45, 2.75) is 22.6 Å². The largest absolute Gasteiger partial charge is 0.322 e. The zero-order chi connectivity index (χ0) is 24.2. The van der Waals surface area contributed by atoms with E-state index in [1.807, 2.05) is 0 Å². The highest BCUT2D eigenvalue weighted by Gasteiger charge is 2.19. The second-order valence-corrected chi connectivity index (χ2v) is 10.9. The molecule has 4 rings (SSSR count). The maximum absolute atomic E-state index is 12.8. The van der Waals surface area contributed by atoms with Gasteiger partial charge in [0.2, 0.25) is 0 Å². The molecule has 0 aromatic heterocycles. The Morgan fingerprint density at radius 2 is 1.41 bits per heavy atom. The summed E-state index contributed by atoms with van der Waals surface area (Å²) in [5, 5.41) is 2.65. The summed E-state index contributed by atoms with van der Waals surface area (Å²) >= 11 is 0. The van der Waals surface area contributed by atoms with E-state index in [-0.39, 0.29) is 26.7 Å². The van der Waals surface area contributed by atoms with Gasteiger partial charge < -0.3 is 5.32 Å². The fourth-order valence-corrected chi connectivity index (χ4v) is 5.52. The van der Waals surface area contributed by atoms with Gasteiger partial charge in [0, 0.05) is 29.9 Å². The Labute approximate surface area is 198 Å². The third-order valence-corrected chi connectivity index (χ3v) is 7.74. The molecule has 0 atom stereocenters. The first-order valence-electron chi connectivity index (χ1n) is 10.4. The molecule has 11 heteroatoms. The number of amidine groups is 1. The van der Waals surface area contributed by atoms with E-state index in [9.17, 15) is 21.6 Å². The molecule has 176 valence electrons. The van der Waals surface area contributed by atoms with Crippen LogP contribution in [-0.2, 0) is 20.0 Å². The lowest BCUT2D eigenvalue weighted by molar-refractivity contribution is 0.102. The van der Waals surface area contributed by atoms with Gasteiger partial charge in [-0.25, -0.2) is 16.8 Å². The number of nitrogens with zero attached hydrogens (tertiary/aromatic N) is 1. The van der Waals surface area contributed by atoms with E-state index in [1.165, 1.54) is 48.5 Å². The highest BCUT2D eigenvalue weighted by Crippen LogP contribution is 2.20. The van der Waals surface area contributed by atoms with E-state index in [1.54, 1.807) is 30.3 Å². The predicted molar refractivity (Wildman–Crippen MR) is 130 cm³/mol. The fourth-order valence-electron chi connectivity index (χ4n) is 3.32. The summed E-state index contributed by atoms with van der Waals surface area (Å²) in [5.74, 6) is -0.104. The standard InChI is InChI=1S/C23H22N4O5S2/c28-23(17-7-4-9-19(15-17)26-33(29,30)20-10-2-1-3-11-20)25-18-8-5-12-21(16-18)34(31,32)27-22-13-6-14-24-22/h1-5,7-12,15-16,26H,6,13-14H2,(H,24,27)(H,25,28). The van der Waals surface area contributed by atoms with Crippen molar-refractivity contribution in [2.24, 2.45) is 4.99 Å². The number of anilines is 2. The van der Waals surface area contributed by atoms with Gasteiger partial charge in [-0.05, 0) is 55.0 Å². The number of amides is 1. The van der Waals surface area contributed by atoms with E-state index in [2.05, 4.69) is 19.8 Å². The van der Waals surface area contributed by atoms with Crippen molar-refractivity contribution in [3.05, 3.63) is 84.4 Å². The zero-order valence-electron chi connectivity index (χ0n) is 17.9. The molecule has 0 spiro atoms. The lowest BCUT2D eigenvalue weighted by Crippen LogP contribution is -2.29. The lowest BCUT2D eigenvalue weighted by atomic mass is 10.2. The Morgan fingerprint density at radius 1 is 0.735 bits per heavy atom.